The van der Waals surface area contributed by atoms with Crippen molar-refractivity contribution in [2.24, 2.45) is 0 Å². The van der Waals surface area contributed by atoms with E-state index < -0.39 is 0 Å². The number of benzene rings is 7. The van der Waals surface area contributed by atoms with E-state index in [1.807, 2.05) is 11.3 Å². The second kappa shape index (κ2) is 10.8. The van der Waals surface area contributed by atoms with Gasteiger partial charge in [0, 0.05) is 42.6 Å². The van der Waals surface area contributed by atoms with Crippen LogP contribution in [-0.2, 0) is 5.41 Å². The van der Waals surface area contributed by atoms with E-state index in [1.54, 1.807) is 0 Å². The number of anilines is 3. The van der Waals surface area contributed by atoms with Gasteiger partial charge >= 0.3 is 0 Å². The molecule has 0 unspecified atom stereocenters. The van der Waals surface area contributed by atoms with Crippen LogP contribution in [0.4, 0.5) is 17.1 Å². The Bertz CT molecular complexity index is 2430. The first-order chi connectivity index (χ1) is 23.0. The lowest BCUT2D eigenvalue weighted by Crippen LogP contribution is -2.14. The summed E-state index contributed by atoms with van der Waals surface area (Å²) in [7, 11) is 0. The number of thiophene rings is 1. The molecule has 1 aliphatic rings. The molecule has 1 nitrogen and oxygen atoms in total. The summed E-state index contributed by atoms with van der Waals surface area (Å²) in [5, 5.41) is 2.67. The molecular weight excluding hydrogens is 587 g/mol. The van der Waals surface area contributed by atoms with Crippen molar-refractivity contribution in [1.29, 1.82) is 0 Å². The van der Waals surface area contributed by atoms with Crippen LogP contribution in [0.3, 0.4) is 0 Å². The summed E-state index contributed by atoms with van der Waals surface area (Å²) in [6, 6.07) is 60.0. The van der Waals surface area contributed by atoms with E-state index in [4.69, 9.17) is 0 Å². The molecule has 47 heavy (non-hydrogen) atoms. The van der Waals surface area contributed by atoms with Crippen LogP contribution in [0, 0.1) is 0 Å². The molecule has 9 rings (SSSR count). The highest BCUT2D eigenvalue weighted by molar-refractivity contribution is 7.25. The minimum Gasteiger partial charge on any atom is -0.310 e. The Morgan fingerprint density at radius 3 is 1.89 bits per heavy atom. The van der Waals surface area contributed by atoms with E-state index in [9.17, 15) is 0 Å². The van der Waals surface area contributed by atoms with Crippen molar-refractivity contribution in [3.8, 4) is 33.4 Å². The Kier molecular flexibility index (Phi) is 6.41. The summed E-state index contributed by atoms with van der Waals surface area (Å²) >= 11 is 1.87. The minimum atomic E-state index is 0.00616. The van der Waals surface area contributed by atoms with Crippen molar-refractivity contribution < 1.29 is 0 Å². The van der Waals surface area contributed by atoms with Gasteiger partial charge in [0.1, 0.15) is 0 Å². The maximum atomic E-state index is 2.39. The zero-order valence-corrected chi connectivity index (χ0v) is 27.3. The molecule has 0 bridgehead atoms. The topological polar surface area (TPSA) is 3.24 Å². The Morgan fingerprint density at radius 2 is 1.02 bits per heavy atom. The maximum absolute atomic E-state index is 2.39. The smallest absolute Gasteiger partial charge is 0.0467 e. The SMILES string of the molecule is CC1(C)c2ccccc2-c2cc(-c3cccc(N(c4ccccc4)c4ccc(-c5ccc6c(c5)sc5ccccc56)cc4)c3)ccc21. The first-order valence-electron chi connectivity index (χ1n) is 16.3. The molecule has 0 aliphatic heterocycles. The normalized spacial score (nSPS) is 13.1. The number of fused-ring (bicyclic) bond motifs is 6. The van der Waals surface area contributed by atoms with Crippen molar-refractivity contribution in [2.45, 2.75) is 19.3 Å². The van der Waals surface area contributed by atoms with Crippen molar-refractivity contribution in [2.75, 3.05) is 4.90 Å². The average Bonchev–Trinajstić information content (AvgIpc) is 3.61. The number of hydrogen-bond donors (Lipinski definition) is 0. The molecule has 0 fully saturated rings. The van der Waals surface area contributed by atoms with Crippen LogP contribution >= 0.6 is 11.3 Å². The molecule has 0 saturated carbocycles. The van der Waals surface area contributed by atoms with Crippen LogP contribution < -0.4 is 4.90 Å². The standard InChI is InChI=1S/C45H33NS/c1-45(2)41-17-8-6-15-37(41)40-28-32(22-26-42(40)45)31-11-10-14-36(27-31)46(34-12-4-3-5-13-34)35-23-19-30(20-24-35)33-21-25-39-38-16-7-9-18-43(38)47-44(39)29-33/h3-29H,1-2H3. The highest BCUT2D eigenvalue weighted by Gasteiger charge is 2.35. The molecule has 8 aromatic rings. The predicted molar refractivity (Wildman–Crippen MR) is 202 cm³/mol. The van der Waals surface area contributed by atoms with Gasteiger partial charge in [0.25, 0.3) is 0 Å². The fourth-order valence-corrected chi connectivity index (χ4v) is 8.60. The van der Waals surface area contributed by atoms with Gasteiger partial charge in [-0.3, -0.25) is 0 Å². The third-order valence-corrected chi connectivity index (χ3v) is 11.0. The van der Waals surface area contributed by atoms with Gasteiger partial charge in [-0.05, 0) is 99.1 Å². The second-order valence-electron chi connectivity index (χ2n) is 13.0. The summed E-state index contributed by atoms with van der Waals surface area (Å²) in [6.07, 6.45) is 0. The zero-order chi connectivity index (χ0) is 31.5. The molecule has 1 aromatic heterocycles. The molecular formula is C45H33NS. The maximum Gasteiger partial charge on any atom is 0.0467 e. The van der Waals surface area contributed by atoms with Gasteiger partial charge in [0.05, 0.1) is 0 Å². The fraction of sp³-hybridized carbons (Fsp3) is 0.0667. The van der Waals surface area contributed by atoms with Gasteiger partial charge in [-0.1, -0.05) is 123 Å². The van der Waals surface area contributed by atoms with E-state index in [2.05, 4.69) is 183 Å². The lowest BCUT2D eigenvalue weighted by Gasteiger charge is -2.26. The lowest BCUT2D eigenvalue weighted by molar-refractivity contribution is 0.660. The molecule has 2 heteroatoms. The summed E-state index contributed by atoms with van der Waals surface area (Å²) < 4.78 is 2.67. The molecule has 0 radical (unpaired) electrons. The first-order valence-corrected chi connectivity index (χ1v) is 17.1. The van der Waals surface area contributed by atoms with Gasteiger partial charge in [0.2, 0.25) is 0 Å². The first kappa shape index (κ1) is 27.8. The Balaban J connectivity index is 1.09. The molecule has 0 N–H and O–H groups in total. The van der Waals surface area contributed by atoms with Crippen LogP contribution in [0.25, 0.3) is 53.6 Å². The average molecular weight is 620 g/mol. The van der Waals surface area contributed by atoms with Gasteiger partial charge < -0.3 is 4.90 Å². The highest BCUT2D eigenvalue weighted by atomic mass is 32.1. The molecule has 224 valence electrons. The van der Waals surface area contributed by atoms with Crippen LogP contribution in [0.5, 0.6) is 0 Å². The van der Waals surface area contributed by atoms with Crippen LogP contribution in [0.1, 0.15) is 25.0 Å². The van der Waals surface area contributed by atoms with E-state index in [0.717, 1.165) is 17.1 Å². The Morgan fingerprint density at radius 1 is 0.404 bits per heavy atom. The third-order valence-electron chi connectivity index (χ3n) is 9.87. The van der Waals surface area contributed by atoms with E-state index in [0.29, 0.717) is 0 Å². The summed E-state index contributed by atoms with van der Waals surface area (Å²) in [5.74, 6) is 0. The minimum absolute atomic E-state index is 0.00616. The molecule has 7 aromatic carbocycles. The van der Waals surface area contributed by atoms with E-state index >= 15 is 0 Å². The van der Waals surface area contributed by atoms with Gasteiger partial charge in [-0.25, -0.2) is 0 Å². The molecule has 0 amide bonds. The number of para-hydroxylation sites is 1. The van der Waals surface area contributed by atoms with Crippen LogP contribution in [-0.4, -0.2) is 0 Å². The van der Waals surface area contributed by atoms with Crippen molar-refractivity contribution in [3.05, 3.63) is 175 Å². The van der Waals surface area contributed by atoms with Crippen molar-refractivity contribution in [3.63, 3.8) is 0 Å². The van der Waals surface area contributed by atoms with Crippen molar-refractivity contribution in [1.82, 2.24) is 0 Å². The van der Waals surface area contributed by atoms with Crippen molar-refractivity contribution >= 4 is 48.6 Å². The number of hydrogen-bond acceptors (Lipinski definition) is 2. The van der Waals surface area contributed by atoms with Gasteiger partial charge in [-0.2, -0.15) is 0 Å². The summed E-state index contributed by atoms with van der Waals surface area (Å²) in [4.78, 5) is 2.36. The zero-order valence-electron chi connectivity index (χ0n) is 26.4. The van der Waals surface area contributed by atoms with Gasteiger partial charge in [-0.15, -0.1) is 11.3 Å². The van der Waals surface area contributed by atoms with Gasteiger partial charge in [0.15, 0.2) is 0 Å². The molecule has 1 aliphatic carbocycles. The highest BCUT2D eigenvalue weighted by Crippen LogP contribution is 2.49. The molecule has 0 saturated heterocycles. The fourth-order valence-electron chi connectivity index (χ4n) is 7.46. The second-order valence-corrected chi connectivity index (χ2v) is 14.1. The molecule has 0 spiro atoms. The van der Waals surface area contributed by atoms with Crippen LogP contribution in [0.2, 0.25) is 0 Å². The largest absolute Gasteiger partial charge is 0.310 e. The lowest BCUT2D eigenvalue weighted by atomic mass is 9.82. The van der Waals surface area contributed by atoms with Crippen LogP contribution in [0.15, 0.2) is 164 Å². The number of rotatable bonds is 5. The Labute approximate surface area is 280 Å². The quantitative estimate of drug-likeness (QED) is 0.185. The predicted octanol–water partition coefficient (Wildman–Crippen LogP) is 13.2. The Hall–Kier alpha value is -5.44. The summed E-state index contributed by atoms with van der Waals surface area (Å²) in [6.45, 7) is 4.67. The van der Waals surface area contributed by atoms with E-state index in [-0.39, 0.29) is 5.41 Å². The number of nitrogens with zero attached hydrogens (tertiary/aromatic N) is 1. The van der Waals surface area contributed by atoms with E-state index in [1.165, 1.54) is 64.7 Å². The summed E-state index contributed by atoms with van der Waals surface area (Å²) in [5.41, 5.74) is 13.8. The third kappa shape index (κ3) is 4.60. The molecule has 0 atom stereocenters. The monoisotopic (exact) mass is 619 g/mol. The molecule has 1 heterocycles.